The Bertz CT molecular complexity index is 563. The quantitative estimate of drug-likeness (QED) is 0.865. The van der Waals surface area contributed by atoms with Crippen LogP contribution in [0.2, 0.25) is 0 Å². The van der Waals surface area contributed by atoms with Gasteiger partial charge in [0.1, 0.15) is 5.76 Å². The van der Waals surface area contributed by atoms with Gasteiger partial charge in [-0.3, -0.25) is 4.79 Å². The van der Waals surface area contributed by atoms with E-state index in [-0.39, 0.29) is 11.6 Å². The van der Waals surface area contributed by atoms with Crippen LogP contribution in [0.4, 0.5) is 5.69 Å². The summed E-state index contributed by atoms with van der Waals surface area (Å²) in [5.41, 5.74) is 2.11. The number of carbonyl (C=O) groups excluding carboxylic acids is 1. The smallest absolute Gasteiger partial charge is 0.277 e. The molecule has 0 unspecified atom stereocenters. The van der Waals surface area contributed by atoms with Crippen LogP contribution in [-0.2, 0) is 6.54 Å². The van der Waals surface area contributed by atoms with Crippen LogP contribution in [0, 0.1) is 6.92 Å². The summed E-state index contributed by atoms with van der Waals surface area (Å²) in [5.74, 6) is 0.354. The molecule has 0 fully saturated rings. The number of hydrogen-bond acceptors (Lipinski definition) is 4. The predicted molar refractivity (Wildman–Crippen MR) is 73.0 cm³/mol. The van der Waals surface area contributed by atoms with Gasteiger partial charge in [-0.1, -0.05) is 30.3 Å². The van der Waals surface area contributed by atoms with Crippen LogP contribution in [0.5, 0.6) is 0 Å². The van der Waals surface area contributed by atoms with E-state index >= 15 is 0 Å². The van der Waals surface area contributed by atoms with Crippen molar-refractivity contribution in [3.63, 3.8) is 0 Å². The van der Waals surface area contributed by atoms with E-state index in [0.717, 1.165) is 17.8 Å². The number of anilines is 1. The van der Waals surface area contributed by atoms with Crippen molar-refractivity contribution >= 4 is 11.6 Å². The first-order chi connectivity index (χ1) is 9.20. The molecule has 5 nitrogen and oxygen atoms in total. The second kappa shape index (κ2) is 6.15. The molecule has 2 aromatic rings. The lowest BCUT2D eigenvalue weighted by molar-refractivity contribution is 0.101. The van der Waals surface area contributed by atoms with Crippen molar-refractivity contribution in [1.82, 2.24) is 10.5 Å². The third-order valence-electron chi connectivity index (χ3n) is 2.69. The van der Waals surface area contributed by atoms with E-state index in [1.54, 1.807) is 13.0 Å². The van der Waals surface area contributed by atoms with Crippen LogP contribution < -0.4 is 10.6 Å². The molecule has 0 spiro atoms. The molecule has 2 N–H and O–H groups in total. The van der Waals surface area contributed by atoms with Crippen LogP contribution in [-0.4, -0.2) is 17.6 Å². The SMILES string of the molecule is CCNCc1ccccc1NC(=O)c1cc(C)on1. The Morgan fingerprint density at radius 2 is 2.16 bits per heavy atom. The van der Waals surface area contributed by atoms with E-state index in [0.29, 0.717) is 12.3 Å². The minimum atomic E-state index is -0.263. The highest BCUT2D eigenvalue weighted by atomic mass is 16.5. The Labute approximate surface area is 112 Å². The number of nitrogens with zero attached hydrogens (tertiary/aromatic N) is 1. The van der Waals surface area contributed by atoms with Gasteiger partial charge in [0.25, 0.3) is 5.91 Å². The van der Waals surface area contributed by atoms with E-state index in [2.05, 4.69) is 15.8 Å². The van der Waals surface area contributed by atoms with Gasteiger partial charge in [-0.15, -0.1) is 0 Å². The number of aromatic nitrogens is 1. The third-order valence-corrected chi connectivity index (χ3v) is 2.69. The molecule has 0 aliphatic rings. The van der Waals surface area contributed by atoms with Gasteiger partial charge in [-0.05, 0) is 25.1 Å². The molecule has 1 amide bonds. The highest BCUT2D eigenvalue weighted by molar-refractivity contribution is 6.03. The van der Waals surface area contributed by atoms with Crippen molar-refractivity contribution in [2.24, 2.45) is 0 Å². The number of hydrogen-bond donors (Lipinski definition) is 2. The minimum absolute atomic E-state index is 0.263. The van der Waals surface area contributed by atoms with Crippen LogP contribution >= 0.6 is 0 Å². The Morgan fingerprint density at radius 3 is 2.84 bits per heavy atom. The number of benzene rings is 1. The van der Waals surface area contributed by atoms with Gasteiger partial charge in [0.05, 0.1) is 0 Å². The van der Waals surface area contributed by atoms with Crippen molar-refractivity contribution in [2.45, 2.75) is 20.4 Å². The molecule has 2 rings (SSSR count). The first-order valence-corrected chi connectivity index (χ1v) is 6.24. The second-order valence-electron chi connectivity index (χ2n) is 4.21. The van der Waals surface area contributed by atoms with E-state index in [1.165, 1.54) is 0 Å². The molecular weight excluding hydrogens is 242 g/mol. The summed E-state index contributed by atoms with van der Waals surface area (Å²) in [7, 11) is 0. The normalized spacial score (nSPS) is 10.4. The van der Waals surface area contributed by atoms with Crippen molar-refractivity contribution in [1.29, 1.82) is 0 Å². The Hall–Kier alpha value is -2.14. The topological polar surface area (TPSA) is 67.2 Å². The van der Waals surface area contributed by atoms with Crippen LogP contribution in [0.1, 0.15) is 28.7 Å². The lowest BCUT2D eigenvalue weighted by atomic mass is 10.1. The van der Waals surface area contributed by atoms with E-state index in [9.17, 15) is 4.79 Å². The first kappa shape index (κ1) is 13.3. The largest absolute Gasteiger partial charge is 0.361 e. The van der Waals surface area contributed by atoms with Gasteiger partial charge in [-0.25, -0.2) is 0 Å². The summed E-state index contributed by atoms with van der Waals surface area (Å²) in [6, 6.07) is 9.30. The molecule has 0 atom stereocenters. The highest BCUT2D eigenvalue weighted by Gasteiger charge is 2.12. The molecule has 0 bridgehead atoms. The molecule has 0 saturated carbocycles. The zero-order chi connectivity index (χ0) is 13.7. The number of para-hydroxylation sites is 1. The van der Waals surface area contributed by atoms with Crippen molar-refractivity contribution in [3.05, 3.63) is 47.3 Å². The molecule has 0 saturated heterocycles. The number of nitrogens with one attached hydrogen (secondary N) is 2. The zero-order valence-electron chi connectivity index (χ0n) is 11.1. The summed E-state index contributed by atoms with van der Waals surface area (Å²) in [6.45, 7) is 5.39. The highest BCUT2D eigenvalue weighted by Crippen LogP contribution is 2.16. The van der Waals surface area contributed by atoms with Gasteiger partial charge in [0.2, 0.25) is 0 Å². The Kier molecular flexibility index (Phi) is 4.30. The van der Waals surface area contributed by atoms with Crippen LogP contribution in [0.15, 0.2) is 34.9 Å². The summed E-state index contributed by atoms with van der Waals surface area (Å²) in [5, 5.41) is 9.79. The predicted octanol–water partition coefficient (Wildman–Crippen LogP) is 2.34. The van der Waals surface area contributed by atoms with Crippen molar-refractivity contribution in [2.75, 3.05) is 11.9 Å². The fourth-order valence-electron chi connectivity index (χ4n) is 1.72. The van der Waals surface area contributed by atoms with Crippen LogP contribution in [0.25, 0.3) is 0 Å². The van der Waals surface area contributed by atoms with Crippen LogP contribution in [0.3, 0.4) is 0 Å². The number of rotatable bonds is 5. The standard InChI is InChI=1S/C14H17N3O2/c1-3-15-9-11-6-4-5-7-12(11)16-14(18)13-8-10(2)19-17-13/h4-8,15H,3,9H2,1-2H3,(H,16,18). The summed E-state index contributed by atoms with van der Waals surface area (Å²) < 4.78 is 4.90. The number of aryl methyl sites for hydroxylation is 1. The molecule has 5 heteroatoms. The maximum Gasteiger partial charge on any atom is 0.277 e. The molecular formula is C14H17N3O2. The van der Waals surface area contributed by atoms with Gasteiger partial charge in [-0.2, -0.15) is 0 Å². The molecule has 1 heterocycles. The van der Waals surface area contributed by atoms with E-state index in [4.69, 9.17) is 4.52 Å². The molecule has 0 radical (unpaired) electrons. The Morgan fingerprint density at radius 1 is 1.37 bits per heavy atom. The fourth-order valence-corrected chi connectivity index (χ4v) is 1.72. The lowest BCUT2D eigenvalue weighted by Crippen LogP contribution is -2.17. The monoisotopic (exact) mass is 259 g/mol. The molecule has 1 aromatic carbocycles. The zero-order valence-corrected chi connectivity index (χ0v) is 11.1. The van der Waals surface area contributed by atoms with Gasteiger partial charge in [0, 0.05) is 18.3 Å². The number of amides is 1. The van der Waals surface area contributed by atoms with Crippen molar-refractivity contribution in [3.8, 4) is 0 Å². The molecule has 0 aliphatic heterocycles. The summed E-state index contributed by atoms with van der Waals surface area (Å²) >= 11 is 0. The summed E-state index contributed by atoms with van der Waals surface area (Å²) in [6.07, 6.45) is 0. The maximum absolute atomic E-state index is 12.0. The average Bonchev–Trinajstić information content (AvgIpc) is 2.84. The molecule has 100 valence electrons. The third kappa shape index (κ3) is 3.42. The molecule has 0 aliphatic carbocycles. The Balaban J connectivity index is 2.12. The van der Waals surface area contributed by atoms with E-state index in [1.807, 2.05) is 31.2 Å². The van der Waals surface area contributed by atoms with E-state index < -0.39 is 0 Å². The van der Waals surface area contributed by atoms with Gasteiger partial charge in [0.15, 0.2) is 5.69 Å². The first-order valence-electron chi connectivity index (χ1n) is 6.24. The van der Waals surface area contributed by atoms with Crippen molar-refractivity contribution < 1.29 is 9.32 Å². The average molecular weight is 259 g/mol. The van der Waals surface area contributed by atoms with Gasteiger partial charge >= 0.3 is 0 Å². The fraction of sp³-hybridized carbons (Fsp3) is 0.286. The second-order valence-corrected chi connectivity index (χ2v) is 4.21. The minimum Gasteiger partial charge on any atom is -0.361 e. The summed E-state index contributed by atoms with van der Waals surface area (Å²) in [4.78, 5) is 12.0. The number of carbonyl (C=O) groups is 1. The lowest BCUT2D eigenvalue weighted by Gasteiger charge is -2.10. The van der Waals surface area contributed by atoms with Gasteiger partial charge < -0.3 is 15.2 Å². The molecule has 19 heavy (non-hydrogen) atoms. The maximum atomic E-state index is 12.0. The molecule has 1 aromatic heterocycles.